The molecule has 2 aliphatic rings. The molecule has 2 saturated carbocycles. The second kappa shape index (κ2) is 6.93. The van der Waals surface area contributed by atoms with Crippen molar-refractivity contribution in [3.05, 3.63) is 0 Å². The average molecular weight is 361 g/mol. The van der Waals surface area contributed by atoms with Crippen LogP contribution in [0.4, 0.5) is 0 Å². The topological polar surface area (TPSA) is 83.8 Å². The fraction of sp³-hybridized carbons (Fsp3) is 0.889. The Labute approximate surface area is 148 Å². The van der Waals surface area contributed by atoms with Gasteiger partial charge >= 0.3 is 5.97 Å². The average Bonchev–Trinajstić information content (AvgIpc) is 2.50. The summed E-state index contributed by atoms with van der Waals surface area (Å²) in [6.45, 7) is 6.68. The number of ketones is 1. The minimum absolute atomic E-state index is 0.00593. The van der Waals surface area contributed by atoms with Gasteiger partial charge in [0.05, 0.1) is 23.5 Å². The third kappa shape index (κ3) is 3.11. The first-order valence-corrected chi connectivity index (χ1v) is 9.18. The maximum Gasteiger partial charge on any atom is 0.302 e. The first-order valence-electron chi connectivity index (χ1n) is 8.74. The van der Waals surface area contributed by atoms with Crippen LogP contribution in [0.2, 0.25) is 0 Å². The molecule has 0 aromatic carbocycles. The molecule has 0 aromatic rings. The molecule has 0 radical (unpaired) electrons. The molecule has 0 bridgehead atoms. The van der Waals surface area contributed by atoms with Crippen molar-refractivity contribution in [3.63, 3.8) is 0 Å². The molecular weight excluding hydrogens is 332 g/mol. The highest BCUT2D eigenvalue weighted by molar-refractivity contribution is 6.21. The molecule has 0 aromatic heterocycles. The molecule has 0 aliphatic heterocycles. The first-order chi connectivity index (χ1) is 11.0. The third-order valence-electron chi connectivity index (χ3n) is 6.46. The van der Waals surface area contributed by atoms with Gasteiger partial charge in [-0.05, 0) is 44.4 Å². The second-order valence-electron chi connectivity index (χ2n) is 7.94. The zero-order chi connectivity index (χ0) is 18.3. The van der Waals surface area contributed by atoms with Crippen molar-refractivity contribution in [2.75, 3.05) is 6.61 Å². The molecule has 0 amide bonds. The van der Waals surface area contributed by atoms with E-state index in [1.54, 1.807) is 6.92 Å². The maximum absolute atomic E-state index is 13.0. The predicted molar refractivity (Wildman–Crippen MR) is 90.6 cm³/mol. The van der Waals surface area contributed by atoms with Crippen LogP contribution >= 0.6 is 11.6 Å². The van der Waals surface area contributed by atoms with Crippen molar-refractivity contribution < 1.29 is 24.5 Å². The Morgan fingerprint density at radius 1 is 1.29 bits per heavy atom. The molecule has 7 unspecified atom stereocenters. The van der Waals surface area contributed by atoms with Crippen LogP contribution in [-0.2, 0) is 14.3 Å². The van der Waals surface area contributed by atoms with E-state index in [0.717, 1.165) is 19.3 Å². The second-order valence-corrected chi connectivity index (χ2v) is 8.44. The van der Waals surface area contributed by atoms with Crippen LogP contribution in [0.5, 0.6) is 0 Å². The maximum atomic E-state index is 13.0. The van der Waals surface area contributed by atoms with Gasteiger partial charge in [0.15, 0.2) is 0 Å². The SMILES string of the molecule is CC(=O)OCCC(=O)C1(C)C2CCC(C)CC2C(Cl)C(O)C1(C)O. The molecule has 2 N–H and O–H groups in total. The van der Waals surface area contributed by atoms with Gasteiger partial charge in [-0.25, -0.2) is 0 Å². The number of halogens is 1. The lowest BCUT2D eigenvalue weighted by Gasteiger charge is -2.59. The van der Waals surface area contributed by atoms with Crippen LogP contribution in [0.1, 0.15) is 53.4 Å². The van der Waals surface area contributed by atoms with Gasteiger partial charge in [-0.15, -0.1) is 11.6 Å². The van der Waals surface area contributed by atoms with Crippen LogP contribution in [0.3, 0.4) is 0 Å². The molecule has 0 spiro atoms. The van der Waals surface area contributed by atoms with Crippen LogP contribution in [0.25, 0.3) is 0 Å². The van der Waals surface area contributed by atoms with Gasteiger partial charge in [-0.3, -0.25) is 9.59 Å². The third-order valence-corrected chi connectivity index (χ3v) is 7.02. The molecule has 138 valence electrons. The lowest BCUT2D eigenvalue weighted by atomic mass is 9.48. The summed E-state index contributed by atoms with van der Waals surface area (Å²) in [4.78, 5) is 23.9. The summed E-state index contributed by atoms with van der Waals surface area (Å²) in [5.41, 5.74) is -2.72. The number of carbonyl (C=O) groups is 2. The van der Waals surface area contributed by atoms with Crippen LogP contribution < -0.4 is 0 Å². The number of Topliss-reactive ketones (excluding diaryl/α,β-unsaturated/α-hetero) is 1. The van der Waals surface area contributed by atoms with Gasteiger partial charge in [-0.2, -0.15) is 0 Å². The Balaban J connectivity index is 2.31. The smallest absolute Gasteiger partial charge is 0.302 e. The number of aliphatic hydroxyl groups excluding tert-OH is 1. The summed E-state index contributed by atoms with van der Waals surface area (Å²) in [6.07, 6.45) is 1.48. The molecule has 24 heavy (non-hydrogen) atoms. The van der Waals surface area contributed by atoms with Crippen molar-refractivity contribution >= 4 is 23.4 Å². The van der Waals surface area contributed by atoms with Gasteiger partial charge in [0.2, 0.25) is 0 Å². The predicted octanol–water partition coefficient (Wildman–Crippen LogP) is 2.30. The van der Waals surface area contributed by atoms with Gasteiger partial charge in [-0.1, -0.05) is 13.3 Å². The molecule has 2 aliphatic carbocycles. The van der Waals surface area contributed by atoms with E-state index >= 15 is 0 Å². The van der Waals surface area contributed by atoms with E-state index in [4.69, 9.17) is 16.3 Å². The highest BCUT2D eigenvalue weighted by atomic mass is 35.5. The number of rotatable bonds is 4. The highest BCUT2D eigenvalue weighted by Crippen LogP contribution is 2.58. The van der Waals surface area contributed by atoms with E-state index in [0.29, 0.717) is 5.92 Å². The van der Waals surface area contributed by atoms with Gasteiger partial charge in [0.25, 0.3) is 0 Å². The Bertz CT molecular complexity index is 506. The number of hydrogen-bond acceptors (Lipinski definition) is 5. The van der Waals surface area contributed by atoms with E-state index < -0.39 is 28.5 Å². The lowest BCUT2D eigenvalue weighted by molar-refractivity contribution is -0.211. The number of esters is 1. The van der Waals surface area contributed by atoms with Crippen LogP contribution in [-0.4, -0.2) is 45.7 Å². The monoisotopic (exact) mass is 360 g/mol. The fourth-order valence-corrected chi connectivity index (χ4v) is 5.28. The number of aliphatic hydroxyl groups is 2. The van der Waals surface area contributed by atoms with Crippen LogP contribution in [0, 0.1) is 23.2 Å². The quantitative estimate of drug-likeness (QED) is 0.593. The number of fused-ring (bicyclic) bond motifs is 1. The standard InChI is InChI=1S/C18H29ClO5/c1-10-5-6-13-12(9-10)15(19)16(22)18(4,23)17(13,3)14(21)7-8-24-11(2)20/h10,12-13,15-16,22-23H,5-9H2,1-4H3. The Morgan fingerprint density at radius 2 is 1.92 bits per heavy atom. The van der Waals surface area contributed by atoms with Gasteiger partial charge in [0.1, 0.15) is 11.4 Å². The molecule has 5 nitrogen and oxygen atoms in total. The minimum Gasteiger partial charge on any atom is -0.465 e. The number of ether oxygens (including phenoxy) is 1. The Hall–Kier alpha value is -0.650. The normalized spacial score (nSPS) is 45.4. The number of carbonyl (C=O) groups excluding carboxylic acids is 2. The molecule has 6 heteroatoms. The zero-order valence-corrected chi connectivity index (χ0v) is 15.7. The van der Waals surface area contributed by atoms with Crippen molar-refractivity contribution in [1.29, 1.82) is 0 Å². The molecular formula is C18H29ClO5. The largest absolute Gasteiger partial charge is 0.465 e. The Morgan fingerprint density at radius 3 is 2.50 bits per heavy atom. The summed E-state index contributed by atoms with van der Waals surface area (Å²) in [5.74, 6) is -0.217. The van der Waals surface area contributed by atoms with Gasteiger partial charge < -0.3 is 14.9 Å². The summed E-state index contributed by atoms with van der Waals surface area (Å²) >= 11 is 6.48. The lowest BCUT2D eigenvalue weighted by Crippen LogP contribution is -2.69. The van der Waals surface area contributed by atoms with E-state index in [2.05, 4.69) is 6.92 Å². The number of hydrogen-bond donors (Lipinski definition) is 2. The summed E-state index contributed by atoms with van der Waals surface area (Å²) in [5, 5.41) is 21.1. The first kappa shape index (κ1) is 19.7. The van der Waals surface area contributed by atoms with Crippen molar-refractivity contribution in [2.24, 2.45) is 23.2 Å². The summed E-state index contributed by atoms with van der Waals surface area (Å²) in [7, 11) is 0. The molecule has 2 fully saturated rings. The van der Waals surface area contributed by atoms with E-state index in [1.807, 2.05) is 0 Å². The van der Waals surface area contributed by atoms with Crippen molar-refractivity contribution in [1.82, 2.24) is 0 Å². The summed E-state index contributed by atoms with van der Waals surface area (Å²) < 4.78 is 4.89. The van der Waals surface area contributed by atoms with E-state index in [1.165, 1.54) is 13.8 Å². The van der Waals surface area contributed by atoms with Gasteiger partial charge in [0, 0.05) is 13.3 Å². The van der Waals surface area contributed by atoms with Crippen molar-refractivity contribution in [2.45, 2.75) is 70.5 Å². The zero-order valence-electron chi connectivity index (χ0n) is 14.9. The van der Waals surface area contributed by atoms with Crippen molar-refractivity contribution in [3.8, 4) is 0 Å². The molecule has 7 atom stereocenters. The van der Waals surface area contributed by atoms with E-state index in [9.17, 15) is 19.8 Å². The van der Waals surface area contributed by atoms with E-state index in [-0.39, 0.29) is 30.6 Å². The minimum atomic E-state index is -1.62. The Kier molecular flexibility index (Phi) is 5.68. The van der Waals surface area contributed by atoms with Crippen LogP contribution in [0.15, 0.2) is 0 Å². The fourth-order valence-electron chi connectivity index (χ4n) is 4.76. The molecule has 2 rings (SSSR count). The molecule has 0 saturated heterocycles. The summed E-state index contributed by atoms with van der Waals surface area (Å²) in [6, 6.07) is 0. The molecule has 0 heterocycles. The highest BCUT2D eigenvalue weighted by Gasteiger charge is 2.65. The number of alkyl halides is 1.